The standard InChI is InChI=1S/C22H20BrN3O4S/c1-29-18-8-3-13(9-19(18)30-2)16-10-20(27)26-22(17(16)11-24)31-12-21(28)25-15-6-4-14(23)5-7-15/h3-9,16H,10,12H2,1-2H3,(H,25,28)(H,26,27)/t16-/m1/s1. The molecule has 0 spiro atoms. The number of benzene rings is 2. The summed E-state index contributed by atoms with van der Waals surface area (Å²) in [7, 11) is 3.07. The molecule has 0 saturated carbocycles. The first kappa shape index (κ1) is 22.7. The molecule has 0 radical (unpaired) electrons. The number of ether oxygens (including phenoxy) is 2. The highest BCUT2D eigenvalue weighted by molar-refractivity contribution is 9.10. The van der Waals surface area contributed by atoms with E-state index in [2.05, 4.69) is 32.6 Å². The Bertz CT molecular complexity index is 1060. The Labute approximate surface area is 192 Å². The summed E-state index contributed by atoms with van der Waals surface area (Å²) in [6.07, 6.45) is 0.132. The molecule has 1 aliphatic heterocycles. The van der Waals surface area contributed by atoms with Crippen LogP contribution >= 0.6 is 27.7 Å². The van der Waals surface area contributed by atoms with Crippen molar-refractivity contribution in [1.29, 1.82) is 5.26 Å². The van der Waals surface area contributed by atoms with Crippen LogP contribution in [0.1, 0.15) is 17.9 Å². The molecule has 160 valence electrons. The second-order valence-corrected chi connectivity index (χ2v) is 8.52. The molecule has 31 heavy (non-hydrogen) atoms. The van der Waals surface area contributed by atoms with Gasteiger partial charge in [0.1, 0.15) is 0 Å². The Morgan fingerprint density at radius 2 is 1.94 bits per heavy atom. The van der Waals surface area contributed by atoms with Gasteiger partial charge in [-0.15, -0.1) is 0 Å². The van der Waals surface area contributed by atoms with Crippen molar-refractivity contribution >= 4 is 45.2 Å². The van der Waals surface area contributed by atoms with E-state index in [1.54, 1.807) is 31.4 Å². The highest BCUT2D eigenvalue weighted by Crippen LogP contribution is 2.39. The molecular formula is C22H20BrN3O4S. The Morgan fingerprint density at radius 3 is 2.58 bits per heavy atom. The maximum Gasteiger partial charge on any atom is 0.234 e. The van der Waals surface area contributed by atoms with Gasteiger partial charge in [-0.05, 0) is 42.0 Å². The van der Waals surface area contributed by atoms with Crippen LogP contribution in [0.25, 0.3) is 0 Å². The van der Waals surface area contributed by atoms with E-state index in [9.17, 15) is 14.9 Å². The first-order valence-electron chi connectivity index (χ1n) is 9.29. The summed E-state index contributed by atoms with van der Waals surface area (Å²) in [5, 5.41) is 15.7. The van der Waals surface area contributed by atoms with Gasteiger partial charge in [-0.2, -0.15) is 5.26 Å². The maximum atomic E-state index is 12.3. The zero-order chi connectivity index (χ0) is 22.4. The summed E-state index contributed by atoms with van der Waals surface area (Å²) in [5.41, 5.74) is 1.84. The third-order valence-electron chi connectivity index (χ3n) is 4.64. The van der Waals surface area contributed by atoms with Crippen LogP contribution in [-0.4, -0.2) is 31.8 Å². The summed E-state index contributed by atoms with van der Waals surface area (Å²) < 4.78 is 11.5. The number of carbonyl (C=O) groups is 2. The van der Waals surface area contributed by atoms with E-state index in [-0.39, 0.29) is 24.0 Å². The molecule has 0 fully saturated rings. The molecule has 2 amide bonds. The molecule has 2 aromatic rings. The molecule has 9 heteroatoms. The van der Waals surface area contributed by atoms with E-state index < -0.39 is 5.92 Å². The van der Waals surface area contributed by atoms with Crippen molar-refractivity contribution in [2.45, 2.75) is 12.3 Å². The third-order valence-corrected chi connectivity index (χ3v) is 6.19. The summed E-state index contributed by atoms with van der Waals surface area (Å²) in [4.78, 5) is 24.7. The quantitative estimate of drug-likeness (QED) is 0.590. The first-order valence-corrected chi connectivity index (χ1v) is 11.1. The second-order valence-electron chi connectivity index (χ2n) is 6.62. The first-order chi connectivity index (χ1) is 14.9. The van der Waals surface area contributed by atoms with Crippen molar-refractivity contribution in [3.05, 3.63) is 63.1 Å². The van der Waals surface area contributed by atoms with Gasteiger partial charge < -0.3 is 20.1 Å². The number of nitrogens with zero attached hydrogens (tertiary/aromatic N) is 1. The number of carbonyl (C=O) groups excluding carboxylic acids is 2. The van der Waals surface area contributed by atoms with Gasteiger partial charge in [0, 0.05) is 22.5 Å². The van der Waals surface area contributed by atoms with Crippen molar-refractivity contribution < 1.29 is 19.1 Å². The molecule has 7 nitrogen and oxygen atoms in total. The highest BCUT2D eigenvalue weighted by atomic mass is 79.9. The fraction of sp³-hybridized carbons (Fsp3) is 0.227. The Balaban J connectivity index is 1.79. The molecule has 0 saturated heterocycles. The lowest BCUT2D eigenvalue weighted by Gasteiger charge is -2.25. The SMILES string of the molecule is COc1ccc([C@H]2CC(=O)NC(SCC(=O)Nc3ccc(Br)cc3)=C2C#N)cc1OC. The van der Waals surface area contributed by atoms with Crippen LogP contribution in [0.2, 0.25) is 0 Å². The fourth-order valence-corrected chi connectivity index (χ4v) is 4.30. The molecule has 0 aromatic heterocycles. The van der Waals surface area contributed by atoms with Gasteiger partial charge >= 0.3 is 0 Å². The van der Waals surface area contributed by atoms with Gasteiger partial charge in [-0.3, -0.25) is 9.59 Å². The van der Waals surface area contributed by atoms with Crippen molar-refractivity contribution in [3.63, 3.8) is 0 Å². The minimum Gasteiger partial charge on any atom is -0.493 e. The maximum absolute atomic E-state index is 12.3. The van der Waals surface area contributed by atoms with Crippen molar-refractivity contribution in [1.82, 2.24) is 5.32 Å². The van der Waals surface area contributed by atoms with Gasteiger partial charge in [0.2, 0.25) is 11.8 Å². The van der Waals surface area contributed by atoms with Crippen molar-refractivity contribution in [2.75, 3.05) is 25.3 Å². The molecule has 0 unspecified atom stereocenters. The van der Waals surface area contributed by atoms with E-state index in [4.69, 9.17) is 9.47 Å². The molecular weight excluding hydrogens is 482 g/mol. The van der Waals surface area contributed by atoms with E-state index in [0.29, 0.717) is 27.8 Å². The van der Waals surface area contributed by atoms with Crippen molar-refractivity contribution in [3.8, 4) is 17.6 Å². The number of allylic oxidation sites excluding steroid dienone is 1. The predicted octanol–water partition coefficient (Wildman–Crippen LogP) is 4.18. The monoisotopic (exact) mass is 501 g/mol. The number of nitriles is 1. The van der Waals surface area contributed by atoms with Crippen LogP contribution in [0, 0.1) is 11.3 Å². The van der Waals surface area contributed by atoms with Gasteiger partial charge in [-0.1, -0.05) is 33.8 Å². The van der Waals surface area contributed by atoms with Crippen LogP contribution in [-0.2, 0) is 9.59 Å². The molecule has 2 N–H and O–H groups in total. The average Bonchev–Trinajstić information content (AvgIpc) is 2.78. The molecule has 3 rings (SSSR count). The van der Waals surface area contributed by atoms with Gasteiger partial charge in [0.25, 0.3) is 0 Å². The van der Waals surface area contributed by atoms with E-state index in [0.717, 1.165) is 21.8 Å². The lowest BCUT2D eigenvalue weighted by molar-refractivity contribution is -0.121. The van der Waals surface area contributed by atoms with Crippen LogP contribution in [0.3, 0.4) is 0 Å². The second kappa shape index (κ2) is 10.4. The van der Waals surface area contributed by atoms with Crippen LogP contribution in [0.4, 0.5) is 5.69 Å². The molecule has 1 aliphatic rings. The number of amides is 2. The molecule has 1 atom stereocenters. The predicted molar refractivity (Wildman–Crippen MR) is 123 cm³/mol. The van der Waals surface area contributed by atoms with Crippen LogP contribution in [0.5, 0.6) is 11.5 Å². The normalized spacial score (nSPS) is 15.7. The lowest BCUT2D eigenvalue weighted by Crippen LogP contribution is -2.31. The third kappa shape index (κ3) is 5.60. The average molecular weight is 502 g/mol. The molecule has 1 heterocycles. The largest absolute Gasteiger partial charge is 0.493 e. The molecule has 0 aliphatic carbocycles. The number of rotatable bonds is 7. The van der Waals surface area contributed by atoms with Crippen molar-refractivity contribution in [2.24, 2.45) is 0 Å². The summed E-state index contributed by atoms with van der Waals surface area (Å²) >= 11 is 4.48. The molecule has 0 bridgehead atoms. The number of nitrogens with one attached hydrogen (secondary N) is 2. The Morgan fingerprint density at radius 1 is 1.23 bits per heavy atom. The Hall–Kier alpha value is -2.96. The van der Waals surface area contributed by atoms with Gasteiger partial charge in [-0.25, -0.2) is 0 Å². The topological polar surface area (TPSA) is 100 Å². The van der Waals surface area contributed by atoms with E-state index >= 15 is 0 Å². The Kier molecular flexibility index (Phi) is 7.60. The molecule has 2 aromatic carbocycles. The number of anilines is 1. The summed E-state index contributed by atoms with van der Waals surface area (Å²) in [6.45, 7) is 0. The number of hydrogen-bond donors (Lipinski definition) is 2. The smallest absolute Gasteiger partial charge is 0.234 e. The highest BCUT2D eigenvalue weighted by Gasteiger charge is 2.30. The van der Waals surface area contributed by atoms with Crippen LogP contribution < -0.4 is 20.1 Å². The summed E-state index contributed by atoms with van der Waals surface area (Å²) in [6, 6.07) is 14.7. The van der Waals surface area contributed by atoms with Crippen LogP contribution in [0.15, 0.2) is 57.5 Å². The van der Waals surface area contributed by atoms with Gasteiger partial charge in [0.05, 0.1) is 36.6 Å². The number of methoxy groups -OCH3 is 2. The lowest BCUT2D eigenvalue weighted by atomic mass is 9.87. The van der Waals surface area contributed by atoms with Gasteiger partial charge in [0.15, 0.2) is 11.5 Å². The van der Waals surface area contributed by atoms with E-state index in [1.165, 1.54) is 7.11 Å². The fourth-order valence-electron chi connectivity index (χ4n) is 3.16. The number of hydrogen-bond acceptors (Lipinski definition) is 6. The summed E-state index contributed by atoms with van der Waals surface area (Å²) in [5.74, 6) is 0.250. The number of thioether (sulfide) groups is 1. The number of halogens is 1. The minimum absolute atomic E-state index is 0.0511. The zero-order valence-electron chi connectivity index (χ0n) is 16.9. The minimum atomic E-state index is -0.435. The zero-order valence-corrected chi connectivity index (χ0v) is 19.3. The van der Waals surface area contributed by atoms with E-state index in [1.807, 2.05) is 18.2 Å².